The Labute approximate surface area is 119 Å². The van der Waals surface area contributed by atoms with Gasteiger partial charge in [0.2, 0.25) is 5.91 Å². The summed E-state index contributed by atoms with van der Waals surface area (Å²) in [6.07, 6.45) is 3.14. The summed E-state index contributed by atoms with van der Waals surface area (Å²) < 4.78 is 5.51. The van der Waals surface area contributed by atoms with E-state index in [2.05, 4.69) is 6.92 Å². The predicted octanol–water partition coefficient (Wildman–Crippen LogP) is 3.38. The fraction of sp³-hybridized carbons (Fsp3) is 0.533. The minimum absolute atomic E-state index is 0.0152. The summed E-state index contributed by atoms with van der Waals surface area (Å²) in [6, 6.07) is 7.49. The van der Waals surface area contributed by atoms with Gasteiger partial charge in [0.1, 0.15) is 11.1 Å². The number of alkyl halides is 1. The quantitative estimate of drug-likeness (QED) is 0.775. The maximum absolute atomic E-state index is 12.2. The fourth-order valence-electron chi connectivity index (χ4n) is 2.19. The molecular formula is C15H20ClNO2. The molecule has 0 aliphatic carbocycles. The van der Waals surface area contributed by atoms with Crippen LogP contribution in [0.25, 0.3) is 0 Å². The number of carbonyl (C=O) groups is 1. The van der Waals surface area contributed by atoms with E-state index in [0.717, 1.165) is 43.7 Å². The summed E-state index contributed by atoms with van der Waals surface area (Å²) >= 11 is 6.26. The maximum atomic E-state index is 12.2. The van der Waals surface area contributed by atoms with Crippen LogP contribution in [0, 0.1) is 0 Å². The van der Waals surface area contributed by atoms with Crippen molar-refractivity contribution in [3.05, 3.63) is 29.8 Å². The topological polar surface area (TPSA) is 29.5 Å². The normalized spacial score (nSPS) is 16.4. The standard InChI is InChI=1S/C15H20ClNO2/c1-2-11-19-13-7-5-12(6-8-13)14(16)15(18)17-9-3-4-10-17/h5-8,14H,2-4,9-11H2,1H3. The highest BCUT2D eigenvalue weighted by Crippen LogP contribution is 2.26. The molecule has 3 nitrogen and oxygen atoms in total. The van der Waals surface area contributed by atoms with Crippen LogP contribution in [0.5, 0.6) is 5.75 Å². The molecular weight excluding hydrogens is 262 g/mol. The van der Waals surface area contributed by atoms with Crippen molar-refractivity contribution in [1.29, 1.82) is 0 Å². The average molecular weight is 282 g/mol. The van der Waals surface area contributed by atoms with Gasteiger partial charge in [0, 0.05) is 13.1 Å². The van der Waals surface area contributed by atoms with Gasteiger partial charge in [-0.25, -0.2) is 0 Å². The molecule has 2 rings (SSSR count). The molecule has 0 bridgehead atoms. The first-order chi connectivity index (χ1) is 9.22. The molecule has 0 N–H and O–H groups in total. The van der Waals surface area contributed by atoms with Crippen molar-refractivity contribution in [2.75, 3.05) is 19.7 Å². The average Bonchev–Trinajstić information content (AvgIpc) is 2.98. The molecule has 1 aromatic carbocycles. The van der Waals surface area contributed by atoms with E-state index >= 15 is 0 Å². The number of hydrogen-bond acceptors (Lipinski definition) is 2. The number of likely N-dealkylation sites (tertiary alicyclic amines) is 1. The SMILES string of the molecule is CCCOc1ccc(C(Cl)C(=O)N2CCCC2)cc1. The van der Waals surface area contributed by atoms with E-state index in [4.69, 9.17) is 16.3 Å². The molecule has 4 heteroatoms. The van der Waals surface area contributed by atoms with Crippen molar-refractivity contribution in [1.82, 2.24) is 4.90 Å². The van der Waals surface area contributed by atoms with Crippen molar-refractivity contribution in [2.45, 2.75) is 31.6 Å². The van der Waals surface area contributed by atoms with Gasteiger partial charge >= 0.3 is 0 Å². The van der Waals surface area contributed by atoms with Crippen LogP contribution in [-0.4, -0.2) is 30.5 Å². The van der Waals surface area contributed by atoms with E-state index in [1.165, 1.54) is 0 Å². The second-order valence-corrected chi connectivity index (χ2v) is 5.25. The number of nitrogens with zero attached hydrogens (tertiary/aromatic N) is 1. The van der Waals surface area contributed by atoms with Crippen LogP contribution in [-0.2, 0) is 4.79 Å². The van der Waals surface area contributed by atoms with Crippen LogP contribution in [0.2, 0.25) is 0 Å². The predicted molar refractivity (Wildman–Crippen MR) is 76.6 cm³/mol. The zero-order valence-electron chi connectivity index (χ0n) is 11.3. The Balaban J connectivity index is 1.98. The second kappa shape index (κ2) is 6.80. The van der Waals surface area contributed by atoms with Crippen LogP contribution in [0.1, 0.15) is 37.1 Å². The Morgan fingerprint density at radius 2 is 1.95 bits per heavy atom. The molecule has 1 aromatic rings. The van der Waals surface area contributed by atoms with Gasteiger partial charge in [0.05, 0.1) is 6.61 Å². The summed E-state index contributed by atoms with van der Waals surface area (Å²) in [6.45, 7) is 4.44. The molecule has 19 heavy (non-hydrogen) atoms. The lowest BCUT2D eigenvalue weighted by Gasteiger charge is -2.19. The Hall–Kier alpha value is -1.22. The molecule has 1 saturated heterocycles. The Morgan fingerprint density at radius 1 is 1.32 bits per heavy atom. The first kappa shape index (κ1) is 14.2. The van der Waals surface area contributed by atoms with Gasteiger partial charge < -0.3 is 9.64 Å². The minimum atomic E-state index is -0.585. The number of rotatable bonds is 5. The second-order valence-electron chi connectivity index (χ2n) is 4.81. The molecule has 0 aromatic heterocycles. The van der Waals surface area contributed by atoms with Gasteiger partial charge in [-0.2, -0.15) is 0 Å². The minimum Gasteiger partial charge on any atom is -0.494 e. The van der Waals surface area contributed by atoms with Crippen LogP contribution in [0.15, 0.2) is 24.3 Å². The lowest BCUT2D eigenvalue weighted by Crippen LogP contribution is -2.30. The third-order valence-corrected chi connectivity index (χ3v) is 3.72. The van der Waals surface area contributed by atoms with Crippen LogP contribution < -0.4 is 4.74 Å². The Kier molecular flexibility index (Phi) is 5.08. The summed E-state index contributed by atoms with van der Waals surface area (Å²) in [7, 11) is 0. The van der Waals surface area contributed by atoms with Crippen LogP contribution >= 0.6 is 11.6 Å². The summed E-state index contributed by atoms with van der Waals surface area (Å²) in [5.74, 6) is 0.837. The lowest BCUT2D eigenvalue weighted by atomic mass is 10.1. The number of halogens is 1. The Morgan fingerprint density at radius 3 is 2.53 bits per heavy atom. The molecule has 1 aliphatic heterocycles. The molecule has 1 atom stereocenters. The van der Waals surface area contributed by atoms with Crippen molar-refractivity contribution in [3.63, 3.8) is 0 Å². The van der Waals surface area contributed by atoms with E-state index < -0.39 is 5.38 Å². The summed E-state index contributed by atoms with van der Waals surface area (Å²) in [5, 5.41) is -0.585. The van der Waals surface area contributed by atoms with Gasteiger partial charge in [-0.15, -0.1) is 11.6 Å². The third-order valence-electron chi connectivity index (χ3n) is 3.28. The van der Waals surface area contributed by atoms with Crippen LogP contribution in [0.3, 0.4) is 0 Å². The number of benzene rings is 1. The van der Waals surface area contributed by atoms with Crippen molar-refractivity contribution >= 4 is 17.5 Å². The van der Waals surface area contributed by atoms with Crippen molar-refractivity contribution < 1.29 is 9.53 Å². The fourth-order valence-corrected chi connectivity index (χ4v) is 2.48. The summed E-state index contributed by atoms with van der Waals surface area (Å²) in [5.41, 5.74) is 0.836. The molecule has 1 heterocycles. The maximum Gasteiger partial charge on any atom is 0.245 e. The molecule has 1 fully saturated rings. The molecule has 0 saturated carbocycles. The number of hydrogen-bond donors (Lipinski definition) is 0. The van der Waals surface area contributed by atoms with E-state index in [0.29, 0.717) is 6.61 Å². The zero-order chi connectivity index (χ0) is 13.7. The highest BCUT2D eigenvalue weighted by molar-refractivity contribution is 6.30. The van der Waals surface area contributed by atoms with Gasteiger partial charge in [-0.05, 0) is 37.0 Å². The van der Waals surface area contributed by atoms with Crippen LogP contribution in [0.4, 0.5) is 0 Å². The summed E-state index contributed by atoms with van der Waals surface area (Å²) in [4.78, 5) is 14.0. The Bertz CT molecular complexity index is 413. The first-order valence-electron chi connectivity index (χ1n) is 6.88. The van der Waals surface area contributed by atoms with Crippen molar-refractivity contribution in [2.24, 2.45) is 0 Å². The largest absolute Gasteiger partial charge is 0.494 e. The van der Waals surface area contributed by atoms with E-state index in [1.54, 1.807) is 0 Å². The molecule has 1 aliphatic rings. The molecule has 104 valence electrons. The molecule has 0 radical (unpaired) electrons. The van der Waals surface area contributed by atoms with Gasteiger partial charge in [0.25, 0.3) is 0 Å². The van der Waals surface area contributed by atoms with E-state index in [9.17, 15) is 4.79 Å². The third kappa shape index (κ3) is 3.63. The van der Waals surface area contributed by atoms with Gasteiger partial charge in [-0.3, -0.25) is 4.79 Å². The zero-order valence-corrected chi connectivity index (χ0v) is 12.0. The number of amides is 1. The highest BCUT2D eigenvalue weighted by atomic mass is 35.5. The molecule has 1 unspecified atom stereocenters. The van der Waals surface area contributed by atoms with E-state index in [1.807, 2.05) is 29.2 Å². The molecule has 0 spiro atoms. The monoisotopic (exact) mass is 281 g/mol. The van der Waals surface area contributed by atoms with Gasteiger partial charge in [-0.1, -0.05) is 19.1 Å². The lowest BCUT2D eigenvalue weighted by molar-refractivity contribution is -0.129. The highest BCUT2D eigenvalue weighted by Gasteiger charge is 2.25. The molecule has 1 amide bonds. The number of carbonyl (C=O) groups excluding carboxylic acids is 1. The smallest absolute Gasteiger partial charge is 0.245 e. The van der Waals surface area contributed by atoms with E-state index in [-0.39, 0.29) is 5.91 Å². The van der Waals surface area contributed by atoms with Crippen molar-refractivity contribution in [3.8, 4) is 5.75 Å². The van der Waals surface area contributed by atoms with Gasteiger partial charge in [0.15, 0.2) is 0 Å². The first-order valence-corrected chi connectivity index (χ1v) is 7.31. The number of ether oxygens (including phenoxy) is 1.